The van der Waals surface area contributed by atoms with Crippen LogP contribution in [0, 0.1) is 5.92 Å². The summed E-state index contributed by atoms with van der Waals surface area (Å²) in [5.74, 6) is 1.26. The lowest BCUT2D eigenvalue weighted by Crippen LogP contribution is -2.49. The minimum Gasteiger partial charge on any atom is -0.355 e. The highest BCUT2D eigenvalue weighted by Crippen LogP contribution is 2.37. The van der Waals surface area contributed by atoms with E-state index in [4.69, 9.17) is 21.3 Å². The van der Waals surface area contributed by atoms with Gasteiger partial charge in [0.25, 0.3) is 0 Å². The molecule has 3 unspecified atom stereocenters. The third kappa shape index (κ3) is 6.21. The van der Waals surface area contributed by atoms with Crippen molar-refractivity contribution in [3.8, 4) is 0 Å². The molecule has 8 nitrogen and oxygen atoms in total. The van der Waals surface area contributed by atoms with Crippen LogP contribution in [0.4, 0.5) is 0 Å². The number of halogens is 1. The molecular formula is C25H33ClN6O2S. The fourth-order valence-corrected chi connectivity index (χ4v) is 6.17. The van der Waals surface area contributed by atoms with Gasteiger partial charge in [0.05, 0.1) is 13.1 Å². The first-order valence-electron chi connectivity index (χ1n) is 12.4. The number of likely N-dealkylation sites (N-methyl/N-ethyl adjacent to an activating group) is 1. The minimum atomic E-state index is -0.328. The Morgan fingerprint density at radius 3 is 2.80 bits per heavy atom. The van der Waals surface area contributed by atoms with Crippen LogP contribution in [0.1, 0.15) is 36.7 Å². The van der Waals surface area contributed by atoms with Gasteiger partial charge in [-0.25, -0.2) is 4.98 Å². The summed E-state index contributed by atoms with van der Waals surface area (Å²) < 4.78 is 13.0. The molecule has 0 saturated carbocycles. The van der Waals surface area contributed by atoms with Crippen molar-refractivity contribution in [1.29, 1.82) is 0 Å². The Morgan fingerprint density at radius 1 is 1.17 bits per heavy atom. The SMILES string of the molecule is CCNC(=O)CN1CCN(Cc2nc(C3CC(Cn4ccc5ccccc54)CC(Cl)O3)ns2)CC1. The molecular weight excluding hydrogens is 484 g/mol. The lowest BCUT2D eigenvalue weighted by molar-refractivity contribution is -0.122. The number of rotatable bonds is 8. The van der Waals surface area contributed by atoms with E-state index in [2.05, 4.69) is 60.6 Å². The smallest absolute Gasteiger partial charge is 0.234 e. The van der Waals surface area contributed by atoms with Gasteiger partial charge in [0.2, 0.25) is 5.91 Å². The highest BCUT2D eigenvalue weighted by molar-refractivity contribution is 7.05. The zero-order chi connectivity index (χ0) is 24.2. The number of nitrogens with zero attached hydrogens (tertiary/aromatic N) is 5. The van der Waals surface area contributed by atoms with Gasteiger partial charge in [0.15, 0.2) is 5.82 Å². The number of amides is 1. The highest BCUT2D eigenvalue weighted by Gasteiger charge is 2.32. The molecule has 1 N–H and O–H groups in total. The maximum atomic E-state index is 11.8. The number of hydrogen-bond donors (Lipinski definition) is 1. The largest absolute Gasteiger partial charge is 0.355 e. The van der Waals surface area contributed by atoms with E-state index in [0.717, 1.165) is 62.9 Å². The van der Waals surface area contributed by atoms with Crippen LogP contribution in [-0.4, -0.2) is 74.5 Å². The van der Waals surface area contributed by atoms with Crippen LogP contribution in [0.3, 0.4) is 0 Å². The summed E-state index contributed by atoms with van der Waals surface area (Å²) in [6.45, 7) is 8.41. The van der Waals surface area contributed by atoms with Crippen molar-refractivity contribution in [2.45, 2.75) is 44.5 Å². The molecule has 1 amide bonds. The van der Waals surface area contributed by atoms with Crippen LogP contribution in [0.25, 0.3) is 10.9 Å². The Morgan fingerprint density at radius 2 is 1.97 bits per heavy atom. The van der Waals surface area contributed by atoms with Crippen LogP contribution in [0.15, 0.2) is 36.5 Å². The van der Waals surface area contributed by atoms with E-state index in [1.54, 1.807) is 0 Å². The fourth-order valence-electron chi connectivity index (χ4n) is 5.06. The first-order valence-corrected chi connectivity index (χ1v) is 13.7. The number of alkyl halides is 1. The third-order valence-corrected chi connectivity index (χ3v) is 7.84. The van der Waals surface area contributed by atoms with Gasteiger partial charge < -0.3 is 14.6 Å². The van der Waals surface area contributed by atoms with E-state index in [-0.39, 0.29) is 17.6 Å². The third-order valence-electron chi connectivity index (χ3n) is 6.85. The first kappa shape index (κ1) is 24.6. The number of carbonyl (C=O) groups excluding carboxylic acids is 1. The van der Waals surface area contributed by atoms with Crippen molar-refractivity contribution in [2.75, 3.05) is 39.3 Å². The Bertz CT molecular complexity index is 1130. The van der Waals surface area contributed by atoms with Crippen LogP contribution < -0.4 is 5.32 Å². The van der Waals surface area contributed by atoms with Crippen LogP contribution in [-0.2, 0) is 22.6 Å². The number of piperazine rings is 1. The Hall–Kier alpha value is -2.04. The number of fused-ring (bicyclic) bond motifs is 1. The van der Waals surface area contributed by atoms with E-state index < -0.39 is 0 Å². The van der Waals surface area contributed by atoms with E-state index in [1.807, 2.05) is 6.92 Å². The number of carbonyl (C=O) groups is 1. The van der Waals surface area contributed by atoms with Gasteiger partial charge in [-0.05, 0) is 54.7 Å². The lowest BCUT2D eigenvalue weighted by atomic mass is 9.95. The van der Waals surface area contributed by atoms with Crippen molar-refractivity contribution >= 4 is 39.9 Å². The maximum Gasteiger partial charge on any atom is 0.234 e. The van der Waals surface area contributed by atoms with Crippen LogP contribution >= 0.6 is 23.1 Å². The van der Waals surface area contributed by atoms with E-state index in [1.165, 1.54) is 22.4 Å². The Balaban J connectivity index is 1.15. The molecule has 3 aromatic rings. The van der Waals surface area contributed by atoms with Crippen molar-refractivity contribution in [2.24, 2.45) is 5.92 Å². The van der Waals surface area contributed by atoms with Crippen LogP contribution in [0.2, 0.25) is 0 Å². The molecule has 2 saturated heterocycles. The normalized spacial score (nSPS) is 24.1. The minimum absolute atomic E-state index is 0.100. The molecule has 0 aliphatic carbocycles. The zero-order valence-corrected chi connectivity index (χ0v) is 21.7. The van der Waals surface area contributed by atoms with Gasteiger partial charge in [-0.15, -0.1) is 0 Å². The van der Waals surface area contributed by atoms with Gasteiger partial charge in [-0.2, -0.15) is 4.37 Å². The molecule has 2 fully saturated rings. The van der Waals surface area contributed by atoms with Gasteiger partial charge in [0.1, 0.15) is 16.7 Å². The molecule has 0 bridgehead atoms. The number of para-hydroxylation sites is 1. The predicted octanol–water partition coefficient (Wildman–Crippen LogP) is 3.48. The Kier molecular flexibility index (Phi) is 7.99. The number of nitrogens with one attached hydrogen (secondary N) is 1. The highest BCUT2D eigenvalue weighted by atomic mass is 35.5. The molecule has 4 heterocycles. The standard InChI is InChI=1S/C25H33ClN6O2S/c1-2-27-23(33)16-30-9-11-31(12-10-30)17-24-28-25(29-35-24)21-13-18(14-22(26)34-21)15-32-8-7-19-5-3-4-6-20(19)32/h3-8,18,21-22H,2,9-17H2,1H3,(H,27,33). The molecule has 2 aromatic heterocycles. The predicted molar refractivity (Wildman–Crippen MR) is 138 cm³/mol. The monoisotopic (exact) mass is 516 g/mol. The summed E-state index contributed by atoms with van der Waals surface area (Å²) in [6, 6.07) is 10.6. The molecule has 35 heavy (non-hydrogen) atoms. The van der Waals surface area contributed by atoms with Gasteiger partial charge in [-0.3, -0.25) is 14.6 Å². The second-order valence-corrected chi connectivity index (χ2v) is 10.8. The second kappa shape index (κ2) is 11.3. The number of aromatic nitrogens is 3. The molecule has 2 aliphatic rings. The van der Waals surface area contributed by atoms with E-state index >= 15 is 0 Å². The fraction of sp³-hybridized carbons (Fsp3) is 0.560. The van der Waals surface area contributed by atoms with Gasteiger partial charge >= 0.3 is 0 Å². The van der Waals surface area contributed by atoms with Crippen molar-refractivity contribution in [3.63, 3.8) is 0 Å². The lowest BCUT2D eigenvalue weighted by Gasteiger charge is -2.33. The average Bonchev–Trinajstić information content (AvgIpc) is 3.48. The molecule has 188 valence electrons. The van der Waals surface area contributed by atoms with Crippen molar-refractivity contribution in [3.05, 3.63) is 47.4 Å². The van der Waals surface area contributed by atoms with E-state index in [9.17, 15) is 4.79 Å². The second-order valence-electron chi connectivity index (χ2n) is 9.45. The van der Waals surface area contributed by atoms with Gasteiger partial charge in [-0.1, -0.05) is 29.8 Å². The number of ether oxygens (including phenoxy) is 1. The first-order chi connectivity index (χ1) is 17.1. The summed E-state index contributed by atoms with van der Waals surface area (Å²) in [5.41, 5.74) is 0.923. The average molecular weight is 517 g/mol. The number of benzene rings is 1. The summed E-state index contributed by atoms with van der Waals surface area (Å²) in [7, 11) is 0. The number of hydrogen-bond acceptors (Lipinski definition) is 7. The Labute approximate surface area is 215 Å². The topological polar surface area (TPSA) is 75.5 Å². The molecule has 2 aliphatic heterocycles. The molecule has 0 radical (unpaired) electrons. The quantitative estimate of drug-likeness (QED) is 0.462. The molecule has 5 rings (SSSR count). The summed E-state index contributed by atoms with van der Waals surface area (Å²) in [4.78, 5) is 21.2. The molecule has 1 aromatic carbocycles. The zero-order valence-electron chi connectivity index (χ0n) is 20.1. The molecule has 10 heteroatoms. The van der Waals surface area contributed by atoms with Crippen LogP contribution in [0.5, 0.6) is 0 Å². The molecule has 3 atom stereocenters. The summed E-state index contributed by atoms with van der Waals surface area (Å²) >= 11 is 7.98. The van der Waals surface area contributed by atoms with Gasteiger partial charge in [0, 0.05) is 51.0 Å². The van der Waals surface area contributed by atoms with Crippen molar-refractivity contribution in [1.82, 2.24) is 29.0 Å². The maximum absolute atomic E-state index is 11.8. The summed E-state index contributed by atoms with van der Waals surface area (Å²) in [5, 5.41) is 5.13. The summed E-state index contributed by atoms with van der Waals surface area (Å²) in [6.07, 6.45) is 3.68. The van der Waals surface area contributed by atoms with E-state index in [0.29, 0.717) is 19.0 Å². The van der Waals surface area contributed by atoms with Crippen molar-refractivity contribution < 1.29 is 9.53 Å². The molecule has 0 spiro atoms.